The lowest BCUT2D eigenvalue weighted by Crippen LogP contribution is -2.41. The van der Waals surface area contributed by atoms with E-state index in [0.717, 1.165) is 23.7 Å². The van der Waals surface area contributed by atoms with Crippen molar-refractivity contribution in [2.45, 2.75) is 50.4 Å². The number of fused-ring (bicyclic) bond motifs is 1. The molecule has 5 nitrogen and oxygen atoms in total. The van der Waals surface area contributed by atoms with E-state index >= 15 is 0 Å². The van der Waals surface area contributed by atoms with Crippen LogP contribution in [0.25, 0.3) is 16.6 Å². The molecule has 1 unspecified atom stereocenters. The van der Waals surface area contributed by atoms with E-state index in [0.29, 0.717) is 35.4 Å². The van der Waals surface area contributed by atoms with Crippen molar-refractivity contribution in [1.82, 2.24) is 14.5 Å². The fraction of sp³-hybridized carbons (Fsp3) is 0.375. The number of carbonyl (C=O) groups is 1. The zero-order valence-electron chi connectivity index (χ0n) is 18.1. The van der Waals surface area contributed by atoms with E-state index < -0.39 is 10.9 Å². The number of para-hydroxylation sites is 1. The molecule has 0 aliphatic heterocycles. The molecular weight excluding hydrogens is 513 g/mol. The Labute approximate surface area is 206 Å². The maximum Gasteiger partial charge on any atom is 0.266 e. The first-order valence-electron chi connectivity index (χ1n) is 10.7. The van der Waals surface area contributed by atoms with E-state index in [1.165, 1.54) is 0 Å². The van der Waals surface area contributed by atoms with Crippen molar-refractivity contribution in [1.29, 1.82) is 0 Å². The zero-order valence-corrected chi connectivity index (χ0v) is 21.2. The molecule has 32 heavy (non-hydrogen) atoms. The van der Waals surface area contributed by atoms with Gasteiger partial charge >= 0.3 is 0 Å². The Kier molecular flexibility index (Phi) is 8.74. The summed E-state index contributed by atoms with van der Waals surface area (Å²) in [5.41, 5.74) is 1.09. The van der Waals surface area contributed by atoms with Gasteiger partial charge in [0.15, 0.2) is 4.84 Å². The van der Waals surface area contributed by atoms with Gasteiger partial charge in [-0.3, -0.25) is 14.2 Å². The summed E-state index contributed by atoms with van der Waals surface area (Å²) in [4.78, 5) is 31.9. The molecule has 170 valence electrons. The molecule has 0 radical (unpaired) electrons. The van der Waals surface area contributed by atoms with E-state index in [2.05, 4.69) is 22.9 Å². The summed E-state index contributed by atoms with van der Waals surface area (Å²) in [5, 5.41) is 0.519. The van der Waals surface area contributed by atoms with E-state index in [1.54, 1.807) is 15.5 Å². The molecule has 8 heteroatoms. The standard InChI is InChI=1S/C24H26BrCl2N3O2/c1-3-5-8-15-29(24(32)21(26)27)20(4-2)22-28-19-10-7-6-9-18(19)23(31)30(22)17-13-11-16(25)12-14-17/h6-7,9-14,20-21H,3-5,8,15H2,1-2H3. The highest BCUT2D eigenvalue weighted by Gasteiger charge is 2.31. The number of carbonyl (C=O) groups excluding carboxylic acids is 1. The first-order chi connectivity index (χ1) is 15.4. The van der Waals surface area contributed by atoms with Crippen LogP contribution in [-0.2, 0) is 4.79 Å². The molecule has 3 rings (SSSR count). The van der Waals surface area contributed by atoms with Crippen LogP contribution in [0.4, 0.5) is 0 Å². The molecule has 2 aromatic carbocycles. The van der Waals surface area contributed by atoms with Crippen molar-refractivity contribution in [2.75, 3.05) is 6.54 Å². The van der Waals surface area contributed by atoms with Gasteiger partial charge in [-0.1, -0.05) is 78.0 Å². The minimum absolute atomic E-state index is 0.180. The number of alkyl halides is 2. The molecule has 0 N–H and O–H groups in total. The molecule has 0 aliphatic rings. The molecule has 3 aromatic rings. The number of unbranched alkanes of at least 4 members (excludes halogenated alkanes) is 2. The molecule has 0 bridgehead atoms. The van der Waals surface area contributed by atoms with Gasteiger partial charge in [-0.25, -0.2) is 4.98 Å². The molecule has 1 atom stereocenters. The maximum atomic E-state index is 13.6. The van der Waals surface area contributed by atoms with E-state index in [4.69, 9.17) is 28.2 Å². The summed E-state index contributed by atoms with van der Waals surface area (Å²) in [6.45, 7) is 4.56. The van der Waals surface area contributed by atoms with Crippen LogP contribution in [0.2, 0.25) is 0 Å². The van der Waals surface area contributed by atoms with Crippen molar-refractivity contribution in [3.63, 3.8) is 0 Å². The number of nitrogens with zero attached hydrogens (tertiary/aromatic N) is 3. The third-order valence-corrected chi connectivity index (χ3v) is 6.32. The average Bonchev–Trinajstić information content (AvgIpc) is 2.79. The van der Waals surface area contributed by atoms with Gasteiger partial charge in [0.25, 0.3) is 11.5 Å². The summed E-state index contributed by atoms with van der Waals surface area (Å²) in [7, 11) is 0. The number of halogens is 3. The highest BCUT2D eigenvalue weighted by molar-refractivity contribution is 9.10. The summed E-state index contributed by atoms with van der Waals surface area (Å²) >= 11 is 15.5. The number of amides is 1. The summed E-state index contributed by atoms with van der Waals surface area (Å²) in [5.74, 6) is 0.124. The third-order valence-electron chi connectivity index (χ3n) is 5.42. The Balaban J connectivity index is 2.24. The Morgan fingerprint density at radius 1 is 1.09 bits per heavy atom. The van der Waals surface area contributed by atoms with Crippen LogP contribution in [0.3, 0.4) is 0 Å². The molecule has 0 aliphatic carbocycles. The average molecular weight is 539 g/mol. The Morgan fingerprint density at radius 2 is 1.78 bits per heavy atom. The summed E-state index contributed by atoms with van der Waals surface area (Å²) in [6, 6.07) is 14.2. The van der Waals surface area contributed by atoms with Gasteiger partial charge in [-0.05, 0) is 49.2 Å². The largest absolute Gasteiger partial charge is 0.330 e. The summed E-state index contributed by atoms with van der Waals surface area (Å²) < 4.78 is 2.50. The fourth-order valence-corrected chi connectivity index (χ4v) is 4.35. The van der Waals surface area contributed by atoms with E-state index in [9.17, 15) is 9.59 Å². The highest BCUT2D eigenvalue weighted by atomic mass is 79.9. The van der Waals surface area contributed by atoms with Crippen LogP contribution < -0.4 is 5.56 Å². The molecule has 0 spiro atoms. The topological polar surface area (TPSA) is 55.2 Å². The fourth-order valence-electron chi connectivity index (χ4n) is 3.83. The van der Waals surface area contributed by atoms with Gasteiger partial charge in [0.2, 0.25) is 0 Å². The van der Waals surface area contributed by atoms with Gasteiger partial charge in [-0.2, -0.15) is 0 Å². The molecule has 0 saturated heterocycles. The highest BCUT2D eigenvalue weighted by Crippen LogP contribution is 2.28. The number of rotatable bonds is 9. The van der Waals surface area contributed by atoms with Crippen molar-refractivity contribution >= 4 is 55.9 Å². The zero-order chi connectivity index (χ0) is 23.3. The normalized spacial score (nSPS) is 12.3. The van der Waals surface area contributed by atoms with Crippen LogP contribution >= 0.6 is 39.1 Å². The van der Waals surface area contributed by atoms with Gasteiger partial charge in [0.05, 0.1) is 22.6 Å². The quantitative estimate of drug-likeness (QED) is 0.233. The van der Waals surface area contributed by atoms with Crippen LogP contribution in [0.5, 0.6) is 0 Å². The van der Waals surface area contributed by atoms with Gasteiger partial charge in [-0.15, -0.1) is 0 Å². The van der Waals surface area contributed by atoms with Gasteiger partial charge in [0, 0.05) is 11.0 Å². The SMILES string of the molecule is CCCCCN(C(=O)C(Cl)Cl)C(CC)c1nc2ccccc2c(=O)n1-c1ccc(Br)cc1. The van der Waals surface area contributed by atoms with Crippen molar-refractivity contribution in [3.05, 3.63) is 69.2 Å². The van der Waals surface area contributed by atoms with Crippen LogP contribution in [0.15, 0.2) is 57.8 Å². The Bertz CT molecular complexity index is 1130. The van der Waals surface area contributed by atoms with Crippen molar-refractivity contribution < 1.29 is 4.79 Å². The number of aromatic nitrogens is 2. The number of hydrogen-bond acceptors (Lipinski definition) is 3. The van der Waals surface area contributed by atoms with E-state index in [1.807, 2.05) is 49.4 Å². The molecular formula is C24H26BrCl2N3O2. The van der Waals surface area contributed by atoms with Crippen molar-refractivity contribution in [2.24, 2.45) is 0 Å². The predicted octanol–water partition coefficient (Wildman–Crippen LogP) is 6.42. The maximum absolute atomic E-state index is 13.6. The number of benzene rings is 2. The molecule has 1 aromatic heterocycles. The van der Waals surface area contributed by atoms with Crippen LogP contribution in [-0.4, -0.2) is 31.7 Å². The van der Waals surface area contributed by atoms with Gasteiger partial charge < -0.3 is 4.90 Å². The lowest BCUT2D eigenvalue weighted by molar-refractivity contribution is -0.132. The predicted molar refractivity (Wildman–Crippen MR) is 135 cm³/mol. The Morgan fingerprint density at radius 3 is 2.41 bits per heavy atom. The second-order valence-corrected chi connectivity index (χ2v) is 9.58. The molecule has 1 heterocycles. The second-order valence-electron chi connectivity index (χ2n) is 7.57. The third kappa shape index (κ3) is 5.36. The summed E-state index contributed by atoms with van der Waals surface area (Å²) in [6.07, 6.45) is 3.36. The van der Waals surface area contributed by atoms with Crippen LogP contribution in [0, 0.1) is 0 Å². The lowest BCUT2D eigenvalue weighted by atomic mass is 10.1. The monoisotopic (exact) mass is 537 g/mol. The minimum Gasteiger partial charge on any atom is -0.330 e. The van der Waals surface area contributed by atoms with E-state index in [-0.39, 0.29) is 11.5 Å². The van der Waals surface area contributed by atoms with Crippen molar-refractivity contribution in [3.8, 4) is 5.69 Å². The second kappa shape index (κ2) is 11.3. The molecule has 1 amide bonds. The first kappa shape index (κ1) is 24.7. The smallest absolute Gasteiger partial charge is 0.266 e. The first-order valence-corrected chi connectivity index (χ1v) is 12.4. The van der Waals surface area contributed by atoms with Gasteiger partial charge in [0.1, 0.15) is 5.82 Å². The van der Waals surface area contributed by atoms with Crippen LogP contribution in [0.1, 0.15) is 51.4 Å². The Hall–Kier alpha value is -1.89. The molecule has 0 fully saturated rings. The number of hydrogen-bond donors (Lipinski definition) is 0. The minimum atomic E-state index is -1.18. The lowest BCUT2D eigenvalue weighted by Gasteiger charge is -2.33. The molecule has 0 saturated carbocycles.